The van der Waals surface area contributed by atoms with Crippen molar-refractivity contribution in [1.82, 2.24) is 9.80 Å². The molecular formula is C27H31FN2O3. The molecule has 3 aromatic rings. The lowest BCUT2D eigenvalue weighted by Crippen LogP contribution is -2.31. The Morgan fingerprint density at radius 2 is 1.36 bits per heavy atom. The number of hydrogen-bond donors (Lipinski definition) is 0. The minimum atomic E-state index is -0.219. The van der Waals surface area contributed by atoms with E-state index < -0.39 is 0 Å². The zero-order valence-corrected chi connectivity index (χ0v) is 19.5. The summed E-state index contributed by atoms with van der Waals surface area (Å²) in [7, 11) is 3.37. The summed E-state index contributed by atoms with van der Waals surface area (Å²) in [5, 5.41) is 0. The maximum Gasteiger partial charge on any atom is 0.125 e. The Morgan fingerprint density at radius 1 is 0.788 bits per heavy atom. The highest BCUT2D eigenvalue weighted by Gasteiger charge is 2.35. The van der Waals surface area contributed by atoms with Crippen molar-refractivity contribution in [2.45, 2.75) is 26.2 Å². The van der Waals surface area contributed by atoms with Crippen molar-refractivity contribution in [2.24, 2.45) is 0 Å². The molecule has 0 aliphatic carbocycles. The van der Waals surface area contributed by atoms with Crippen molar-refractivity contribution in [3.63, 3.8) is 0 Å². The van der Waals surface area contributed by atoms with E-state index in [0.29, 0.717) is 13.2 Å². The SMILES string of the molecule is CCOc1ccc(CN2CCN(Cc3ccc(F)cc3)[C@H]2c2cc(OC)ccc2OC)cc1. The number of methoxy groups -OCH3 is 2. The van der Waals surface area contributed by atoms with Gasteiger partial charge >= 0.3 is 0 Å². The van der Waals surface area contributed by atoms with E-state index in [1.165, 1.54) is 17.7 Å². The largest absolute Gasteiger partial charge is 0.497 e. The van der Waals surface area contributed by atoms with E-state index in [0.717, 1.165) is 48.0 Å². The third-order valence-corrected chi connectivity index (χ3v) is 6.00. The van der Waals surface area contributed by atoms with Crippen LogP contribution >= 0.6 is 0 Å². The fourth-order valence-electron chi connectivity index (χ4n) is 4.41. The number of hydrogen-bond acceptors (Lipinski definition) is 5. The minimum absolute atomic E-state index is 0.00771. The molecule has 5 nitrogen and oxygen atoms in total. The summed E-state index contributed by atoms with van der Waals surface area (Å²) in [5.74, 6) is 2.28. The summed E-state index contributed by atoms with van der Waals surface area (Å²) >= 11 is 0. The molecule has 1 atom stereocenters. The van der Waals surface area contributed by atoms with Gasteiger partial charge in [0.1, 0.15) is 23.1 Å². The molecule has 1 saturated heterocycles. The Balaban J connectivity index is 1.64. The maximum atomic E-state index is 13.4. The van der Waals surface area contributed by atoms with Crippen molar-refractivity contribution in [2.75, 3.05) is 33.9 Å². The fourth-order valence-corrected chi connectivity index (χ4v) is 4.41. The van der Waals surface area contributed by atoms with E-state index in [2.05, 4.69) is 28.0 Å². The fraction of sp³-hybridized carbons (Fsp3) is 0.333. The van der Waals surface area contributed by atoms with E-state index in [-0.39, 0.29) is 12.0 Å². The van der Waals surface area contributed by atoms with E-state index in [9.17, 15) is 4.39 Å². The number of ether oxygens (including phenoxy) is 3. The van der Waals surface area contributed by atoms with Crippen LogP contribution in [0.1, 0.15) is 29.8 Å². The second kappa shape index (κ2) is 10.7. The molecule has 1 aliphatic heterocycles. The van der Waals surface area contributed by atoms with Gasteiger partial charge in [0.05, 0.1) is 27.0 Å². The molecule has 1 fully saturated rings. The predicted octanol–water partition coefficient (Wildman–Crippen LogP) is 5.26. The van der Waals surface area contributed by atoms with Gasteiger partial charge in [0.25, 0.3) is 0 Å². The Bertz CT molecular complexity index is 1040. The summed E-state index contributed by atoms with van der Waals surface area (Å²) in [6.45, 7) is 5.93. The molecule has 0 spiro atoms. The molecule has 0 amide bonds. The normalized spacial score (nSPS) is 16.7. The van der Waals surface area contributed by atoms with Crippen LogP contribution in [0, 0.1) is 5.82 Å². The first-order chi connectivity index (χ1) is 16.1. The molecule has 0 N–H and O–H groups in total. The summed E-state index contributed by atoms with van der Waals surface area (Å²) < 4.78 is 30.3. The maximum absolute atomic E-state index is 13.4. The van der Waals surface area contributed by atoms with Crippen LogP contribution in [0.15, 0.2) is 66.7 Å². The van der Waals surface area contributed by atoms with Crippen molar-refractivity contribution in [3.05, 3.63) is 89.2 Å². The highest BCUT2D eigenvalue weighted by molar-refractivity contribution is 5.43. The highest BCUT2D eigenvalue weighted by atomic mass is 19.1. The smallest absolute Gasteiger partial charge is 0.125 e. The molecule has 0 radical (unpaired) electrons. The van der Waals surface area contributed by atoms with E-state index in [4.69, 9.17) is 14.2 Å². The lowest BCUT2D eigenvalue weighted by Gasteiger charge is -2.32. The Labute approximate surface area is 195 Å². The average Bonchev–Trinajstić information content (AvgIpc) is 3.23. The third kappa shape index (κ3) is 5.46. The van der Waals surface area contributed by atoms with Gasteiger partial charge in [0, 0.05) is 31.7 Å². The molecular weight excluding hydrogens is 419 g/mol. The van der Waals surface area contributed by atoms with Gasteiger partial charge in [-0.2, -0.15) is 0 Å². The van der Waals surface area contributed by atoms with Crippen LogP contribution in [-0.2, 0) is 13.1 Å². The highest BCUT2D eigenvalue weighted by Crippen LogP contribution is 2.39. The Morgan fingerprint density at radius 3 is 1.91 bits per heavy atom. The zero-order valence-electron chi connectivity index (χ0n) is 19.5. The van der Waals surface area contributed by atoms with Gasteiger partial charge in [0.2, 0.25) is 0 Å². The monoisotopic (exact) mass is 450 g/mol. The zero-order chi connectivity index (χ0) is 23.2. The molecule has 0 bridgehead atoms. The standard InChI is InChI=1S/C27H31FN2O3/c1-4-33-23-11-7-21(8-12-23)19-30-16-15-29(18-20-5-9-22(28)10-6-20)27(30)25-17-24(31-2)13-14-26(25)32-3/h5-14,17,27H,4,15-16,18-19H2,1-3H3/t27-/m1/s1. The predicted molar refractivity (Wildman–Crippen MR) is 127 cm³/mol. The lowest BCUT2D eigenvalue weighted by molar-refractivity contribution is 0.122. The van der Waals surface area contributed by atoms with Crippen molar-refractivity contribution < 1.29 is 18.6 Å². The number of halogens is 1. The number of nitrogens with zero attached hydrogens (tertiary/aromatic N) is 2. The van der Waals surface area contributed by atoms with Crippen LogP contribution in [-0.4, -0.2) is 43.7 Å². The first kappa shape index (κ1) is 23.1. The van der Waals surface area contributed by atoms with Gasteiger partial charge in [-0.3, -0.25) is 9.80 Å². The Kier molecular flexibility index (Phi) is 7.47. The third-order valence-electron chi connectivity index (χ3n) is 6.00. The quantitative estimate of drug-likeness (QED) is 0.444. The van der Waals surface area contributed by atoms with Gasteiger partial charge < -0.3 is 14.2 Å². The molecule has 0 aromatic heterocycles. The second-order valence-corrected chi connectivity index (χ2v) is 8.13. The Hall–Kier alpha value is -3.09. The van der Waals surface area contributed by atoms with Crippen LogP contribution in [0.5, 0.6) is 17.2 Å². The summed E-state index contributed by atoms with van der Waals surface area (Å²) in [5.41, 5.74) is 3.35. The van der Waals surface area contributed by atoms with Crippen LogP contribution in [0.25, 0.3) is 0 Å². The molecule has 33 heavy (non-hydrogen) atoms. The molecule has 4 rings (SSSR count). The van der Waals surface area contributed by atoms with Crippen molar-refractivity contribution in [3.8, 4) is 17.2 Å². The number of rotatable bonds is 9. The molecule has 1 aliphatic rings. The van der Waals surface area contributed by atoms with Crippen molar-refractivity contribution in [1.29, 1.82) is 0 Å². The summed E-state index contributed by atoms with van der Waals surface area (Å²) in [6.07, 6.45) is -0.00771. The lowest BCUT2D eigenvalue weighted by atomic mass is 10.1. The second-order valence-electron chi connectivity index (χ2n) is 8.13. The molecule has 0 unspecified atom stereocenters. The topological polar surface area (TPSA) is 34.2 Å². The van der Waals surface area contributed by atoms with Crippen LogP contribution in [0.3, 0.4) is 0 Å². The minimum Gasteiger partial charge on any atom is -0.497 e. The molecule has 1 heterocycles. The van der Waals surface area contributed by atoms with Crippen LogP contribution < -0.4 is 14.2 Å². The van der Waals surface area contributed by atoms with Gasteiger partial charge in [-0.15, -0.1) is 0 Å². The molecule has 3 aromatic carbocycles. The van der Waals surface area contributed by atoms with E-state index in [1.54, 1.807) is 14.2 Å². The number of benzene rings is 3. The average molecular weight is 451 g/mol. The van der Waals surface area contributed by atoms with Gasteiger partial charge in [-0.1, -0.05) is 24.3 Å². The first-order valence-corrected chi connectivity index (χ1v) is 11.3. The van der Waals surface area contributed by atoms with Gasteiger partial charge in [-0.25, -0.2) is 4.39 Å². The summed E-state index contributed by atoms with van der Waals surface area (Å²) in [6, 6.07) is 20.9. The van der Waals surface area contributed by atoms with Crippen molar-refractivity contribution >= 4 is 0 Å². The molecule has 6 heteroatoms. The molecule has 0 saturated carbocycles. The summed E-state index contributed by atoms with van der Waals surface area (Å²) in [4.78, 5) is 4.84. The van der Waals surface area contributed by atoms with Gasteiger partial charge in [0.15, 0.2) is 0 Å². The van der Waals surface area contributed by atoms with E-state index >= 15 is 0 Å². The van der Waals surface area contributed by atoms with Crippen LogP contribution in [0.4, 0.5) is 4.39 Å². The molecule has 174 valence electrons. The van der Waals surface area contributed by atoms with Gasteiger partial charge in [-0.05, 0) is 60.5 Å². The van der Waals surface area contributed by atoms with Crippen LogP contribution in [0.2, 0.25) is 0 Å². The van der Waals surface area contributed by atoms with E-state index in [1.807, 2.05) is 43.3 Å². The first-order valence-electron chi connectivity index (χ1n) is 11.3.